The highest BCUT2D eigenvalue weighted by molar-refractivity contribution is 9.10. The Hall–Kier alpha value is -0.800. The molecule has 0 unspecified atom stereocenters. The van der Waals surface area contributed by atoms with Gasteiger partial charge in [-0.3, -0.25) is 4.79 Å². The zero-order chi connectivity index (χ0) is 9.84. The molecular formula is C9H6BrClO2. The third-order valence-corrected chi connectivity index (χ3v) is 2.16. The molecule has 0 aromatic heterocycles. The van der Waals surface area contributed by atoms with Crippen LogP contribution in [0.15, 0.2) is 22.7 Å². The molecule has 0 fully saturated rings. The second-order valence-electron chi connectivity index (χ2n) is 2.32. The van der Waals surface area contributed by atoms with Gasteiger partial charge in [0, 0.05) is 10.0 Å². The average molecular weight is 262 g/mol. The molecule has 0 aliphatic carbocycles. The Bertz CT molecular complexity index is 361. The van der Waals surface area contributed by atoms with Crippen LogP contribution in [0.5, 0.6) is 5.75 Å². The van der Waals surface area contributed by atoms with Crippen LogP contribution in [-0.4, -0.2) is 11.4 Å². The van der Waals surface area contributed by atoms with Crippen LogP contribution in [0.2, 0.25) is 5.02 Å². The molecule has 4 heteroatoms. The van der Waals surface area contributed by atoms with E-state index >= 15 is 0 Å². The minimum atomic E-state index is -0.0250. The first-order valence-electron chi connectivity index (χ1n) is 3.45. The minimum absolute atomic E-state index is 0.0250. The van der Waals surface area contributed by atoms with E-state index in [4.69, 9.17) is 11.6 Å². The zero-order valence-electron chi connectivity index (χ0n) is 6.50. The number of hydrogen-bond donors (Lipinski definition) is 1. The highest BCUT2D eigenvalue weighted by Gasteiger charge is 2.04. The Morgan fingerprint density at radius 1 is 1.46 bits per heavy atom. The molecule has 0 saturated carbocycles. The fraction of sp³-hybridized carbons (Fsp3) is 0. The topological polar surface area (TPSA) is 37.3 Å². The second kappa shape index (κ2) is 4.44. The van der Waals surface area contributed by atoms with Gasteiger partial charge < -0.3 is 5.11 Å². The summed E-state index contributed by atoms with van der Waals surface area (Å²) in [6.07, 6.45) is 3.41. The standard InChI is InChI=1S/C9H6BrClO2/c10-7-4-6(2-1-3-12)9(13)8(11)5-7/h1-5,13H. The Morgan fingerprint density at radius 2 is 2.15 bits per heavy atom. The largest absolute Gasteiger partial charge is 0.506 e. The third-order valence-electron chi connectivity index (χ3n) is 1.41. The van der Waals surface area contributed by atoms with E-state index in [9.17, 15) is 9.90 Å². The van der Waals surface area contributed by atoms with E-state index < -0.39 is 0 Å². The molecule has 13 heavy (non-hydrogen) atoms. The summed E-state index contributed by atoms with van der Waals surface area (Å²) >= 11 is 8.92. The van der Waals surface area contributed by atoms with E-state index in [2.05, 4.69) is 15.9 Å². The van der Waals surface area contributed by atoms with E-state index in [1.165, 1.54) is 12.2 Å². The van der Waals surface area contributed by atoms with Crippen molar-refractivity contribution in [1.82, 2.24) is 0 Å². The Morgan fingerprint density at radius 3 is 2.77 bits per heavy atom. The maximum atomic E-state index is 10.0. The summed E-state index contributed by atoms with van der Waals surface area (Å²) < 4.78 is 0.751. The summed E-state index contributed by atoms with van der Waals surface area (Å²) in [4.78, 5) is 10.0. The van der Waals surface area contributed by atoms with Crippen molar-refractivity contribution in [3.63, 3.8) is 0 Å². The molecule has 0 atom stereocenters. The molecule has 0 aliphatic heterocycles. The third kappa shape index (κ3) is 2.57. The normalized spacial score (nSPS) is 10.6. The summed E-state index contributed by atoms with van der Waals surface area (Å²) in [7, 11) is 0. The van der Waals surface area contributed by atoms with Crippen molar-refractivity contribution in [2.75, 3.05) is 0 Å². The SMILES string of the molecule is O=CC=Cc1cc(Br)cc(Cl)c1O. The molecule has 2 nitrogen and oxygen atoms in total. The van der Waals surface area contributed by atoms with Gasteiger partial charge in [0.05, 0.1) is 5.02 Å². The van der Waals surface area contributed by atoms with Crippen molar-refractivity contribution < 1.29 is 9.90 Å². The lowest BCUT2D eigenvalue weighted by atomic mass is 10.2. The fourth-order valence-electron chi connectivity index (χ4n) is 0.856. The maximum Gasteiger partial charge on any atom is 0.142 e. The van der Waals surface area contributed by atoms with Gasteiger partial charge in [-0.15, -0.1) is 0 Å². The van der Waals surface area contributed by atoms with E-state index in [-0.39, 0.29) is 10.8 Å². The predicted molar refractivity (Wildman–Crippen MR) is 55.9 cm³/mol. The molecule has 0 saturated heterocycles. The van der Waals surface area contributed by atoms with E-state index in [1.807, 2.05) is 0 Å². The number of rotatable bonds is 2. The van der Waals surface area contributed by atoms with Gasteiger partial charge in [0.15, 0.2) is 0 Å². The summed E-state index contributed by atoms with van der Waals surface area (Å²) in [5.41, 5.74) is 0.506. The molecular weight excluding hydrogens is 255 g/mol. The van der Waals surface area contributed by atoms with Crippen LogP contribution in [0.25, 0.3) is 6.08 Å². The smallest absolute Gasteiger partial charge is 0.142 e. The number of phenols is 1. The van der Waals surface area contributed by atoms with Crippen LogP contribution in [0.1, 0.15) is 5.56 Å². The molecule has 0 amide bonds. The quantitative estimate of drug-likeness (QED) is 0.656. The number of allylic oxidation sites excluding steroid dienone is 1. The maximum absolute atomic E-state index is 10.0. The highest BCUT2D eigenvalue weighted by atomic mass is 79.9. The van der Waals surface area contributed by atoms with Gasteiger partial charge >= 0.3 is 0 Å². The Kier molecular flexibility index (Phi) is 3.51. The number of halogens is 2. The van der Waals surface area contributed by atoms with Crippen molar-refractivity contribution >= 4 is 39.9 Å². The van der Waals surface area contributed by atoms with Gasteiger partial charge in [0.1, 0.15) is 12.0 Å². The van der Waals surface area contributed by atoms with Crippen LogP contribution in [0.3, 0.4) is 0 Å². The lowest BCUT2D eigenvalue weighted by Crippen LogP contribution is -1.77. The molecule has 0 spiro atoms. The number of aldehydes is 1. The van der Waals surface area contributed by atoms with Crippen molar-refractivity contribution in [3.8, 4) is 5.75 Å². The second-order valence-corrected chi connectivity index (χ2v) is 3.64. The molecule has 0 aliphatic rings. The molecule has 68 valence electrons. The lowest BCUT2D eigenvalue weighted by molar-refractivity contribution is -0.104. The molecule has 0 radical (unpaired) electrons. The summed E-state index contributed by atoms with van der Waals surface area (Å²) in [6.45, 7) is 0. The van der Waals surface area contributed by atoms with Gasteiger partial charge in [0.2, 0.25) is 0 Å². The lowest BCUT2D eigenvalue weighted by Gasteiger charge is -2.01. The number of aromatic hydroxyl groups is 1. The van der Waals surface area contributed by atoms with Crippen molar-refractivity contribution in [1.29, 1.82) is 0 Å². The average Bonchev–Trinajstić information content (AvgIpc) is 2.09. The first-order valence-corrected chi connectivity index (χ1v) is 4.62. The number of phenolic OH excluding ortho intramolecular Hbond substituents is 1. The van der Waals surface area contributed by atoms with Crippen LogP contribution >= 0.6 is 27.5 Å². The van der Waals surface area contributed by atoms with E-state index in [0.717, 1.165) is 4.47 Å². The van der Waals surface area contributed by atoms with Crippen LogP contribution in [-0.2, 0) is 4.79 Å². The summed E-state index contributed by atoms with van der Waals surface area (Å²) in [5, 5.41) is 9.68. The van der Waals surface area contributed by atoms with Gasteiger partial charge in [-0.2, -0.15) is 0 Å². The predicted octanol–water partition coefficient (Wildman–Crippen LogP) is 3.02. The molecule has 1 N–H and O–H groups in total. The van der Waals surface area contributed by atoms with Crippen LogP contribution in [0, 0.1) is 0 Å². The molecule has 1 aromatic carbocycles. The zero-order valence-corrected chi connectivity index (χ0v) is 8.84. The minimum Gasteiger partial charge on any atom is -0.506 e. The summed E-state index contributed by atoms with van der Waals surface area (Å²) in [5.74, 6) is -0.0250. The first-order chi connectivity index (χ1) is 6.15. The van der Waals surface area contributed by atoms with Gasteiger partial charge in [-0.1, -0.05) is 27.5 Å². The molecule has 0 heterocycles. The number of carbonyl (C=O) groups is 1. The van der Waals surface area contributed by atoms with Gasteiger partial charge in [-0.25, -0.2) is 0 Å². The van der Waals surface area contributed by atoms with Crippen molar-refractivity contribution in [3.05, 3.63) is 33.3 Å². The van der Waals surface area contributed by atoms with Crippen molar-refractivity contribution in [2.45, 2.75) is 0 Å². The van der Waals surface area contributed by atoms with E-state index in [1.54, 1.807) is 12.1 Å². The Labute approximate surface area is 89.0 Å². The monoisotopic (exact) mass is 260 g/mol. The Balaban J connectivity index is 3.19. The highest BCUT2D eigenvalue weighted by Crippen LogP contribution is 2.31. The molecule has 0 bridgehead atoms. The number of benzene rings is 1. The van der Waals surface area contributed by atoms with Crippen LogP contribution in [0.4, 0.5) is 0 Å². The van der Waals surface area contributed by atoms with Crippen LogP contribution < -0.4 is 0 Å². The number of hydrogen-bond acceptors (Lipinski definition) is 2. The van der Waals surface area contributed by atoms with Gasteiger partial charge in [-0.05, 0) is 24.3 Å². The molecule has 1 aromatic rings. The fourth-order valence-corrected chi connectivity index (χ4v) is 1.69. The number of carbonyl (C=O) groups excluding carboxylic acids is 1. The van der Waals surface area contributed by atoms with Gasteiger partial charge in [0.25, 0.3) is 0 Å². The van der Waals surface area contributed by atoms with Crippen molar-refractivity contribution in [2.24, 2.45) is 0 Å². The first kappa shape index (κ1) is 10.3. The molecule has 1 rings (SSSR count). The summed E-state index contributed by atoms with van der Waals surface area (Å²) in [6, 6.07) is 3.25. The van der Waals surface area contributed by atoms with E-state index in [0.29, 0.717) is 11.8 Å².